The molecule has 2 aromatic carbocycles. The van der Waals surface area contributed by atoms with Crippen LogP contribution in [-0.4, -0.2) is 23.4 Å². The molecule has 0 atom stereocenters. The number of benzene rings is 2. The quantitative estimate of drug-likeness (QED) is 0.478. The first-order valence-electron chi connectivity index (χ1n) is 6.95. The molecule has 0 aromatic heterocycles. The third-order valence-corrected chi connectivity index (χ3v) is 4.00. The van der Waals surface area contributed by atoms with E-state index in [0.29, 0.717) is 16.3 Å². The Kier molecular flexibility index (Phi) is 5.95. The number of anilines is 1. The van der Waals surface area contributed by atoms with Crippen LogP contribution >= 0.6 is 23.2 Å². The fraction of sp³-hybridized carbons (Fsp3) is 0.125. The molecule has 0 unspecified atom stereocenters. The number of nitrogens with zero attached hydrogens (tertiary/aromatic N) is 1. The number of nitrogens with one attached hydrogen (secondary N) is 1. The van der Waals surface area contributed by atoms with Gasteiger partial charge in [-0.1, -0.05) is 29.3 Å². The Morgan fingerprint density at radius 1 is 1.20 bits per heavy atom. The van der Waals surface area contributed by atoms with E-state index in [2.05, 4.69) is 5.32 Å². The van der Waals surface area contributed by atoms with Crippen LogP contribution in [0.1, 0.15) is 15.9 Å². The van der Waals surface area contributed by atoms with Gasteiger partial charge in [0.05, 0.1) is 15.5 Å². The summed E-state index contributed by atoms with van der Waals surface area (Å²) >= 11 is 11.8. The molecule has 0 aliphatic rings. The van der Waals surface area contributed by atoms with Crippen LogP contribution in [0.2, 0.25) is 10.0 Å². The van der Waals surface area contributed by atoms with Crippen molar-refractivity contribution in [2.75, 3.05) is 11.9 Å². The van der Waals surface area contributed by atoms with Crippen molar-refractivity contribution in [3.8, 4) is 0 Å². The Balaban J connectivity index is 2.02. The molecular weight excluding hydrogens is 371 g/mol. The fourth-order valence-electron chi connectivity index (χ4n) is 1.92. The van der Waals surface area contributed by atoms with Gasteiger partial charge in [-0.2, -0.15) is 0 Å². The second-order valence-electron chi connectivity index (χ2n) is 4.96. The zero-order valence-electron chi connectivity index (χ0n) is 12.9. The molecule has 0 heterocycles. The van der Waals surface area contributed by atoms with E-state index < -0.39 is 23.4 Å². The monoisotopic (exact) mass is 382 g/mol. The summed E-state index contributed by atoms with van der Waals surface area (Å²) in [5.74, 6) is -1.52. The van der Waals surface area contributed by atoms with Gasteiger partial charge in [0, 0.05) is 22.8 Å². The molecule has 1 N–H and O–H groups in total. The number of non-ortho nitro benzene ring substituents is 1. The third kappa shape index (κ3) is 4.68. The first-order chi connectivity index (χ1) is 11.8. The van der Waals surface area contributed by atoms with Crippen LogP contribution in [0.4, 0.5) is 11.4 Å². The lowest BCUT2D eigenvalue weighted by Crippen LogP contribution is -2.21. The molecular formula is C16H12Cl2N2O5. The zero-order valence-corrected chi connectivity index (χ0v) is 14.4. The highest BCUT2D eigenvalue weighted by molar-refractivity contribution is 6.33. The number of rotatable bonds is 5. The zero-order chi connectivity index (χ0) is 18.6. The summed E-state index contributed by atoms with van der Waals surface area (Å²) in [6.45, 7) is 1.15. The van der Waals surface area contributed by atoms with Gasteiger partial charge in [0.25, 0.3) is 11.6 Å². The molecule has 0 saturated carbocycles. The average molecular weight is 383 g/mol. The summed E-state index contributed by atoms with van der Waals surface area (Å²) in [7, 11) is 0. The Labute approximate surface area is 152 Å². The van der Waals surface area contributed by atoms with Gasteiger partial charge < -0.3 is 10.1 Å². The summed E-state index contributed by atoms with van der Waals surface area (Å²) in [5, 5.41) is 13.8. The number of carbonyl (C=O) groups excluding carboxylic acids is 2. The molecule has 0 aliphatic carbocycles. The number of nitro groups is 1. The van der Waals surface area contributed by atoms with Crippen molar-refractivity contribution in [3.05, 3.63) is 67.7 Å². The van der Waals surface area contributed by atoms with Crippen LogP contribution in [-0.2, 0) is 9.53 Å². The standard InChI is InChI=1S/C16H12Cl2N2O5/c1-9-12(17)3-2-4-14(9)19-15(21)8-25-16(22)11-7-10(20(23)24)5-6-13(11)18/h2-7H,8H2,1H3,(H,19,21). The second kappa shape index (κ2) is 7.96. The number of hydrogen-bond donors (Lipinski definition) is 1. The number of carbonyl (C=O) groups is 2. The Morgan fingerprint density at radius 2 is 1.92 bits per heavy atom. The van der Waals surface area contributed by atoms with E-state index in [4.69, 9.17) is 27.9 Å². The Bertz CT molecular complexity index is 854. The lowest BCUT2D eigenvalue weighted by Gasteiger charge is -2.10. The van der Waals surface area contributed by atoms with Crippen molar-refractivity contribution in [1.29, 1.82) is 0 Å². The van der Waals surface area contributed by atoms with E-state index in [1.807, 2.05) is 0 Å². The van der Waals surface area contributed by atoms with Crippen molar-refractivity contribution in [3.63, 3.8) is 0 Å². The molecule has 1 amide bonds. The minimum atomic E-state index is -0.938. The highest BCUT2D eigenvalue weighted by atomic mass is 35.5. The number of nitro benzene ring substituents is 1. The van der Waals surface area contributed by atoms with Gasteiger partial charge in [0.2, 0.25) is 0 Å². The van der Waals surface area contributed by atoms with Crippen molar-refractivity contribution in [1.82, 2.24) is 0 Å². The van der Waals surface area contributed by atoms with Gasteiger partial charge in [0.1, 0.15) is 0 Å². The highest BCUT2D eigenvalue weighted by Crippen LogP contribution is 2.24. The molecule has 2 aromatic rings. The maximum Gasteiger partial charge on any atom is 0.340 e. The SMILES string of the molecule is Cc1c(Cl)cccc1NC(=O)COC(=O)c1cc([N+](=O)[O-])ccc1Cl. The van der Waals surface area contributed by atoms with Crippen LogP contribution in [0.25, 0.3) is 0 Å². The van der Waals surface area contributed by atoms with Gasteiger partial charge in [-0.15, -0.1) is 0 Å². The fourth-order valence-corrected chi connectivity index (χ4v) is 2.29. The largest absolute Gasteiger partial charge is 0.452 e. The van der Waals surface area contributed by atoms with Gasteiger partial charge in [-0.3, -0.25) is 14.9 Å². The summed E-state index contributed by atoms with van der Waals surface area (Å²) in [6, 6.07) is 8.36. The van der Waals surface area contributed by atoms with Crippen LogP contribution in [0, 0.1) is 17.0 Å². The summed E-state index contributed by atoms with van der Waals surface area (Å²) in [6.07, 6.45) is 0. The normalized spacial score (nSPS) is 10.2. The molecule has 0 bridgehead atoms. The predicted octanol–water partition coefficient (Wildman–Crippen LogP) is 4.01. The number of halogens is 2. The lowest BCUT2D eigenvalue weighted by molar-refractivity contribution is -0.384. The minimum absolute atomic E-state index is 0.0123. The number of esters is 1. The van der Waals surface area contributed by atoms with Crippen LogP contribution in [0.3, 0.4) is 0 Å². The van der Waals surface area contributed by atoms with Crippen LogP contribution < -0.4 is 5.32 Å². The summed E-state index contributed by atoms with van der Waals surface area (Å²) in [4.78, 5) is 34.0. The van der Waals surface area contributed by atoms with Crippen LogP contribution in [0.15, 0.2) is 36.4 Å². The minimum Gasteiger partial charge on any atom is -0.452 e. The van der Waals surface area contributed by atoms with Crippen molar-refractivity contribution in [2.45, 2.75) is 6.92 Å². The molecule has 0 saturated heterocycles. The van der Waals surface area contributed by atoms with E-state index in [0.717, 1.165) is 12.1 Å². The van der Waals surface area contributed by atoms with E-state index in [1.165, 1.54) is 6.07 Å². The molecule has 2 rings (SSSR count). The second-order valence-corrected chi connectivity index (χ2v) is 5.77. The van der Waals surface area contributed by atoms with E-state index >= 15 is 0 Å². The maximum absolute atomic E-state index is 12.0. The van der Waals surface area contributed by atoms with Crippen molar-refractivity contribution >= 4 is 46.5 Å². The lowest BCUT2D eigenvalue weighted by atomic mass is 10.2. The Morgan fingerprint density at radius 3 is 2.60 bits per heavy atom. The molecule has 0 aliphatic heterocycles. The van der Waals surface area contributed by atoms with E-state index in [9.17, 15) is 19.7 Å². The molecule has 7 nitrogen and oxygen atoms in total. The maximum atomic E-state index is 12.0. The molecule has 9 heteroatoms. The Hall–Kier alpha value is -2.64. The molecule has 130 valence electrons. The molecule has 25 heavy (non-hydrogen) atoms. The first-order valence-corrected chi connectivity index (χ1v) is 7.71. The molecule has 0 fully saturated rings. The summed E-state index contributed by atoms with van der Waals surface area (Å²) < 4.78 is 4.86. The van der Waals surface area contributed by atoms with Gasteiger partial charge in [-0.05, 0) is 30.7 Å². The smallest absolute Gasteiger partial charge is 0.340 e. The summed E-state index contributed by atoms with van der Waals surface area (Å²) in [5.41, 5.74) is 0.658. The van der Waals surface area contributed by atoms with Gasteiger partial charge in [0.15, 0.2) is 6.61 Å². The number of ether oxygens (including phenoxy) is 1. The third-order valence-electron chi connectivity index (χ3n) is 3.26. The van der Waals surface area contributed by atoms with Crippen LogP contribution in [0.5, 0.6) is 0 Å². The number of amides is 1. The van der Waals surface area contributed by atoms with E-state index in [1.54, 1.807) is 25.1 Å². The van der Waals surface area contributed by atoms with E-state index in [-0.39, 0.29) is 16.3 Å². The highest BCUT2D eigenvalue weighted by Gasteiger charge is 2.18. The first kappa shape index (κ1) is 18.7. The van der Waals surface area contributed by atoms with Crippen molar-refractivity contribution < 1.29 is 19.2 Å². The molecule has 0 spiro atoms. The topological polar surface area (TPSA) is 98.5 Å². The van der Waals surface area contributed by atoms with Gasteiger partial charge in [-0.25, -0.2) is 4.79 Å². The number of hydrogen-bond acceptors (Lipinski definition) is 5. The van der Waals surface area contributed by atoms with Gasteiger partial charge >= 0.3 is 5.97 Å². The average Bonchev–Trinajstić information content (AvgIpc) is 2.57. The molecule has 0 radical (unpaired) electrons. The predicted molar refractivity (Wildman–Crippen MR) is 93.2 cm³/mol. The van der Waals surface area contributed by atoms with Crippen molar-refractivity contribution in [2.24, 2.45) is 0 Å².